The highest BCUT2D eigenvalue weighted by molar-refractivity contribution is 6.30. The minimum Gasteiger partial charge on any atom is -0.478 e. The summed E-state index contributed by atoms with van der Waals surface area (Å²) in [6, 6.07) is 14.8. The molecule has 6 heteroatoms. The summed E-state index contributed by atoms with van der Waals surface area (Å²) in [5.41, 5.74) is 5.93. The molecule has 1 aromatic heterocycles. The summed E-state index contributed by atoms with van der Waals surface area (Å²) in [5, 5.41) is 18.1. The Kier molecular flexibility index (Phi) is 4.97. The summed E-state index contributed by atoms with van der Waals surface area (Å²) >= 11 is 6.04. The zero-order chi connectivity index (χ0) is 18.8. The minimum atomic E-state index is -0.911. The standard InChI is InChI=1S/C21H20ClN3O2/c22-17-7-5-15(6-8-17)20-18-9-11-23-12-10-19(18)25(24-20)13-14-1-3-16(4-2-14)21(26)27/h1-8,23H,9-13H2,(H,26,27). The number of benzene rings is 2. The fourth-order valence-electron chi connectivity index (χ4n) is 3.52. The molecule has 1 aliphatic rings. The van der Waals surface area contributed by atoms with E-state index in [1.54, 1.807) is 12.1 Å². The van der Waals surface area contributed by atoms with Crippen LogP contribution in [0.3, 0.4) is 0 Å². The van der Waals surface area contributed by atoms with Gasteiger partial charge in [-0.15, -0.1) is 0 Å². The Balaban J connectivity index is 1.71. The molecule has 0 fully saturated rings. The van der Waals surface area contributed by atoms with Gasteiger partial charge in [0, 0.05) is 34.8 Å². The number of aromatic carboxylic acids is 1. The Hall–Kier alpha value is -2.63. The zero-order valence-corrected chi connectivity index (χ0v) is 15.5. The van der Waals surface area contributed by atoms with Gasteiger partial charge in [0.25, 0.3) is 0 Å². The molecule has 0 amide bonds. The smallest absolute Gasteiger partial charge is 0.335 e. The van der Waals surface area contributed by atoms with Gasteiger partial charge in [-0.2, -0.15) is 5.10 Å². The van der Waals surface area contributed by atoms with E-state index in [9.17, 15) is 4.79 Å². The van der Waals surface area contributed by atoms with Crippen molar-refractivity contribution in [3.63, 3.8) is 0 Å². The van der Waals surface area contributed by atoms with E-state index in [4.69, 9.17) is 21.8 Å². The molecule has 0 saturated carbocycles. The molecule has 3 aromatic rings. The normalized spacial score (nSPS) is 13.8. The van der Waals surface area contributed by atoms with Crippen molar-refractivity contribution in [1.82, 2.24) is 15.1 Å². The quantitative estimate of drug-likeness (QED) is 0.724. The molecule has 138 valence electrons. The van der Waals surface area contributed by atoms with Crippen molar-refractivity contribution < 1.29 is 9.90 Å². The highest BCUT2D eigenvalue weighted by atomic mass is 35.5. The number of carboxylic acids is 1. The number of fused-ring (bicyclic) bond motifs is 1. The van der Waals surface area contributed by atoms with Crippen molar-refractivity contribution in [2.45, 2.75) is 19.4 Å². The molecule has 27 heavy (non-hydrogen) atoms. The maximum atomic E-state index is 11.1. The maximum Gasteiger partial charge on any atom is 0.335 e. The lowest BCUT2D eigenvalue weighted by atomic mass is 10.0. The first-order valence-corrected chi connectivity index (χ1v) is 9.37. The van der Waals surface area contributed by atoms with Gasteiger partial charge in [0.15, 0.2) is 0 Å². The molecular formula is C21H20ClN3O2. The Bertz CT molecular complexity index is 962. The zero-order valence-electron chi connectivity index (χ0n) is 14.8. The number of nitrogens with zero attached hydrogens (tertiary/aromatic N) is 2. The lowest BCUT2D eigenvalue weighted by Gasteiger charge is -2.08. The average Bonchev–Trinajstić information content (AvgIpc) is 2.84. The first-order chi connectivity index (χ1) is 13.1. The van der Waals surface area contributed by atoms with Gasteiger partial charge >= 0.3 is 5.97 Å². The van der Waals surface area contributed by atoms with Crippen molar-refractivity contribution in [2.24, 2.45) is 0 Å². The van der Waals surface area contributed by atoms with E-state index >= 15 is 0 Å². The summed E-state index contributed by atoms with van der Waals surface area (Å²) in [6.45, 7) is 2.49. The van der Waals surface area contributed by atoms with Crippen LogP contribution in [0.1, 0.15) is 27.2 Å². The van der Waals surface area contributed by atoms with Crippen LogP contribution < -0.4 is 5.32 Å². The molecule has 0 unspecified atom stereocenters. The molecule has 0 saturated heterocycles. The van der Waals surface area contributed by atoms with Crippen LogP contribution in [0.25, 0.3) is 11.3 Å². The van der Waals surface area contributed by atoms with E-state index in [0.717, 1.165) is 42.8 Å². The number of carboxylic acid groups (broad SMARTS) is 1. The van der Waals surface area contributed by atoms with E-state index < -0.39 is 5.97 Å². The van der Waals surface area contributed by atoms with E-state index in [0.29, 0.717) is 17.1 Å². The Labute approximate surface area is 162 Å². The third-order valence-electron chi connectivity index (χ3n) is 4.91. The van der Waals surface area contributed by atoms with Crippen LogP contribution in [0.5, 0.6) is 0 Å². The fraction of sp³-hybridized carbons (Fsp3) is 0.238. The van der Waals surface area contributed by atoms with Crippen LogP contribution >= 0.6 is 11.6 Å². The van der Waals surface area contributed by atoms with Gasteiger partial charge in [-0.05, 0) is 42.8 Å². The monoisotopic (exact) mass is 381 g/mol. The molecule has 0 atom stereocenters. The Morgan fingerprint density at radius 2 is 1.78 bits per heavy atom. The van der Waals surface area contributed by atoms with Crippen LogP contribution in [0, 0.1) is 0 Å². The summed E-state index contributed by atoms with van der Waals surface area (Å²) in [6.07, 6.45) is 1.86. The van der Waals surface area contributed by atoms with Crippen LogP contribution in [0.2, 0.25) is 5.02 Å². The lowest BCUT2D eigenvalue weighted by molar-refractivity contribution is 0.0697. The average molecular weight is 382 g/mol. The molecule has 0 bridgehead atoms. The van der Waals surface area contributed by atoms with Crippen molar-refractivity contribution >= 4 is 17.6 Å². The number of hydrogen-bond donors (Lipinski definition) is 2. The maximum absolute atomic E-state index is 11.1. The summed E-state index contributed by atoms with van der Waals surface area (Å²) in [7, 11) is 0. The molecule has 2 aromatic carbocycles. The molecular weight excluding hydrogens is 362 g/mol. The predicted molar refractivity (Wildman–Crippen MR) is 105 cm³/mol. The highest BCUT2D eigenvalue weighted by Gasteiger charge is 2.20. The van der Waals surface area contributed by atoms with Gasteiger partial charge in [0.05, 0.1) is 17.8 Å². The predicted octanol–water partition coefficient (Wildman–Crippen LogP) is 3.64. The van der Waals surface area contributed by atoms with Crippen molar-refractivity contribution in [2.75, 3.05) is 13.1 Å². The highest BCUT2D eigenvalue weighted by Crippen LogP contribution is 2.29. The number of hydrogen-bond acceptors (Lipinski definition) is 3. The van der Waals surface area contributed by atoms with Crippen molar-refractivity contribution in [3.05, 3.63) is 75.9 Å². The van der Waals surface area contributed by atoms with Gasteiger partial charge in [0.1, 0.15) is 0 Å². The number of nitrogens with one attached hydrogen (secondary N) is 1. The first kappa shape index (κ1) is 17.8. The van der Waals surface area contributed by atoms with Crippen LogP contribution in [0.4, 0.5) is 0 Å². The van der Waals surface area contributed by atoms with Gasteiger partial charge in [-0.25, -0.2) is 4.79 Å². The van der Waals surface area contributed by atoms with Crippen molar-refractivity contribution in [3.8, 4) is 11.3 Å². The summed E-state index contributed by atoms with van der Waals surface area (Å²) < 4.78 is 2.06. The molecule has 4 rings (SSSR count). The Morgan fingerprint density at radius 3 is 2.48 bits per heavy atom. The van der Waals surface area contributed by atoms with Gasteiger partial charge < -0.3 is 10.4 Å². The number of halogens is 1. The van der Waals surface area contributed by atoms with Crippen LogP contribution in [0.15, 0.2) is 48.5 Å². The summed E-state index contributed by atoms with van der Waals surface area (Å²) in [4.78, 5) is 11.1. The van der Waals surface area contributed by atoms with Crippen molar-refractivity contribution in [1.29, 1.82) is 0 Å². The SMILES string of the molecule is O=C(O)c1ccc(Cn2nc(-c3ccc(Cl)cc3)c3c2CCNCC3)cc1. The number of aromatic nitrogens is 2. The Morgan fingerprint density at radius 1 is 1.07 bits per heavy atom. The minimum absolute atomic E-state index is 0.295. The van der Waals surface area contributed by atoms with Gasteiger partial charge in [0.2, 0.25) is 0 Å². The fourth-order valence-corrected chi connectivity index (χ4v) is 3.64. The van der Waals surface area contributed by atoms with E-state index in [-0.39, 0.29) is 0 Å². The van der Waals surface area contributed by atoms with E-state index in [1.165, 1.54) is 11.3 Å². The van der Waals surface area contributed by atoms with E-state index in [1.807, 2.05) is 36.4 Å². The molecule has 0 radical (unpaired) electrons. The molecule has 0 aliphatic carbocycles. The first-order valence-electron chi connectivity index (χ1n) is 8.99. The van der Waals surface area contributed by atoms with Gasteiger partial charge in [-0.3, -0.25) is 4.68 Å². The third kappa shape index (κ3) is 3.75. The number of carbonyl (C=O) groups is 1. The molecule has 1 aliphatic heterocycles. The largest absolute Gasteiger partial charge is 0.478 e. The van der Waals surface area contributed by atoms with E-state index in [2.05, 4.69) is 10.00 Å². The topological polar surface area (TPSA) is 67.1 Å². The van der Waals surface area contributed by atoms with Crippen LogP contribution in [-0.4, -0.2) is 33.9 Å². The molecule has 5 nitrogen and oxygen atoms in total. The van der Waals surface area contributed by atoms with Gasteiger partial charge in [-0.1, -0.05) is 35.9 Å². The molecule has 0 spiro atoms. The van der Waals surface area contributed by atoms with Crippen LogP contribution in [-0.2, 0) is 19.4 Å². The third-order valence-corrected chi connectivity index (χ3v) is 5.16. The second-order valence-electron chi connectivity index (χ2n) is 6.69. The molecule has 2 heterocycles. The second kappa shape index (κ2) is 7.55. The molecule has 2 N–H and O–H groups in total. The second-order valence-corrected chi connectivity index (χ2v) is 7.13. The summed E-state index contributed by atoms with van der Waals surface area (Å²) in [5.74, 6) is -0.911. The lowest BCUT2D eigenvalue weighted by Crippen LogP contribution is -2.17. The number of rotatable bonds is 4.